The molecular weight excluding hydrogens is 436 g/mol. The SMILES string of the molecule is CC(C)OC(=O)c1csc([C@H]2CC[C@H]3[C@@H](CO2)C[C@@H](O)[C@@H]3CNc2ccc3c(c2)CCC3)n1. The van der Waals surface area contributed by atoms with Gasteiger partial charge >= 0.3 is 5.97 Å². The van der Waals surface area contributed by atoms with Gasteiger partial charge in [0.25, 0.3) is 0 Å². The molecule has 3 aliphatic rings. The van der Waals surface area contributed by atoms with Crippen molar-refractivity contribution in [2.45, 2.75) is 70.7 Å². The molecule has 1 aromatic heterocycles. The maximum Gasteiger partial charge on any atom is 0.358 e. The molecule has 33 heavy (non-hydrogen) atoms. The van der Waals surface area contributed by atoms with Gasteiger partial charge in [-0.1, -0.05) is 6.07 Å². The third kappa shape index (κ3) is 4.96. The number of carbonyl (C=O) groups excluding carboxylic acids is 1. The fourth-order valence-corrected chi connectivity index (χ4v) is 6.68. The van der Waals surface area contributed by atoms with E-state index in [-0.39, 0.29) is 30.2 Å². The molecular formula is C26H34N2O4S. The number of aliphatic hydroxyl groups is 1. The third-order valence-corrected chi connectivity index (χ3v) is 8.39. The highest BCUT2D eigenvalue weighted by molar-refractivity contribution is 7.09. The summed E-state index contributed by atoms with van der Waals surface area (Å²) in [5, 5.41) is 17.0. The minimum Gasteiger partial charge on any atom is -0.458 e. The second-order valence-electron chi connectivity index (χ2n) is 10.0. The first-order valence-electron chi connectivity index (χ1n) is 12.3. The molecule has 1 aliphatic heterocycles. The standard InChI is InChI=1S/C26H34N2O4S/c1-15(2)32-26(30)22-14-33-25(28-22)24-9-8-20-18(13-31-24)11-23(29)21(20)12-27-19-7-6-16-4-3-5-17(16)10-19/h6-7,10,14-15,18,20-21,23-24,27,29H,3-5,8-9,11-13H2,1-2H3/t18-,20+,21-,23-,24-/m1/s1. The quantitative estimate of drug-likeness (QED) is 0.592. The largest absolute Gasteiger partial charge is 0.458 e. The molecule has 7 heteroatoms. The maximum absolute atomic E-state index is 12.2. The Morgan fingerprint density at radius 2 is 2.15 bits per heavy atom. The van der Waals surface area contributed by atoms with E-state index in [1.54, 1.807) is 5.38 Å². The Morgan fingerprint density at radius 3 is 3.00 bits per heavy atom. The Balaban J connectivity index is 1.20. The first-order valence-corrected chi connectivity index (χ1v) is 13.2. The van der Waals surface area contributed by atoms with Gasteiger partial charge in [-0.25, -0.2) is 9.78 Å². The molecule has 2 N–H and O–H groups in total. The number of anilines is 1. The van der Waals surface area contributed by atoms with Gasteiger partial charge in [0.05, 0.1) is 18.8 Å². The number of aromatic nitrogens is 1. The highest BCUT2D eigenvalue weighted by Gasteiger charge is 2.44. The lowest BCUT2D eigenvalue weighted by atomic mass is 9.85. The van der Waals surface area contributed by atoms with Crippen LogP contribution in [0.1, 0.15) is 72.3 Å². The van der Waals surface area contributed by atoms with Crippen LogP contribution in [0.4, 0.5) is 5.69 Å². The van der Waals surface area contributed by atoms with Gasteiger partial charge < -0.3 is 19.9 Å². The third-order valence-electron chi connectivity index (χ3n) is 7.46. The number of aryl methyl sites for hydroxylation is 2. The number of benzene rings is 1. The molecule has 0 amide bonds. The Bertz CT molecular complexity index is 990. The Kier molecular flexibility index (Phi) is 6.72. The Morgan fingerprint density at radius 1 is 1.30 bits per heavy atom. The van der Waals surface area contributed by atoms with Crippen LogP contribution in [-0.4, -0.2) is 41.4 Å². The van der Waals surface area contributed by atoms with E-state index >= 15 is 0 Å². The average Bonchev–Trinajstić information content (AvgIpc) is 3.48. The van der Waals surface area contributed by atoms with Crippen molar-refractivity contribution in [3.63, 3.8) is 0 Å². The Labute approximate surface area is 199 Å². The molecule has 178 valence electrons. The minimum absolute atomic E-state index is 0.0938. The van der Waals surface area contributed by atoms with Crippen molar-refractivity contribution >= 4 is 23.0 Å². The van der Waals surface area contributed by atoms with Gasteiger partial charge in [-0.15, -0.1) is 11.3 Å². The van der Waals surface area contributed by atoms with Gasteiger partial charge in [-0.05, 0) is 87.5 Å². The van der Waals surface area contributed by atoms with Crippen LogP contribution in [0.15, 0.2) is 23.6 Å². The van der Waals surface area contributed by atoms with Crippen molar-refractivity contribution in [1.29, 1.82) is 0 Å². The normalized spacial score (nSPS) is 28.9. The zero-order valence-corrected chi connectivity index (χ0v) is 20.3. The molecule has 1 aromatic carbocycles. The molecule has 5 rings (SSSR count). The van der Waals surface area contributed by atoms with Crippen molar-refractivity contribution in [2.75, 3.05) is 18.5 Å². The topological polar surface area (TPSA) is 80.7 Å². The van der Waals surface area contributed by atoms with Gasteiger partial charge in [-0.3, -0.25) is 0 Å². The molecule has 1 saturated heterocycles. The zero-order valence-electron chi connectivity index (χ0n) is 19.5. The van der Waals surface area contributed by atoms with Crippen LogP contribution in [0.3, 0.4) is 0 Å². The number of aliphatic hydroxyl groups excluding tert-OH is 1. The van der Waals surface area contributed by atoms with Gasteiger partial charge in [0.15, 0.2) is 5.69 Å². The van der Waals surface area contributed by atoms with Crippen molar-refractivity contribution in [3.05, 3.63) is 45.4 Å². The molecule has 2 heterocycles. The second-order valence-corrected chi connectivity index (χ2v) is 10.9. The van der Waals surface area contributed by atoms with Crippen molar-refractivity contribution in [1.82, 2.24) is 4.98 Å². The van der Waals surface area contributed by atoms with Gasteiger partial charge in [0.2, 0.25) is 0 Å². The predicted molar refractivity (Wildman–Crippen MR) is 129 cm³/mol. The van der Waals surface area contributed by atoms with Crippen LogP contribution in [0.2, 0.25) is 0 Å². The molecule has 0 unspecified atom stereocenters. The molecule has 2 aliphatic carbocycles. The van der Waals surface area contributed by atoms with E-state index in [2.05, 4.69) is 28.5 Å². The lowest BCUT2D eigenvalue weighted by Gasteiger charge is -2.24. The molecule has 6 nitrogen and oxygen atoms in total. The van der Waals surface area contributed by atoms with Gasteiger partial charge in [0.1, 0.15) is 11.1 Å². The minimum atomic E-state index is -0.376. The van der Waals surface area contributed by atoms with Gasteiger partial charge in [-0.2, -0.15) is 0 Å². The number of thiazole rings is 1. The van der Waals surface area contributed by atoms with E-state index in [0.29, 0.717) is 24.1 Å². The molecule has 0 radical (unpaired) electrons. The van der Waals surface area contributed by atoms with Crippen LogP contribution < -0.4 is 5.32 Å². The zero-order chi connectivity index (χ0) is 22.9. The number of carbonyl (C=O) groups is 1. The number of esters is 1. The fraction of sp³-hybridized carbons (Fsp3) is 0.615. The number of ether oxygens (including phenoxy) is 2. The Hall–Kier alpha value is -1.96. The lowest BCUT2D eigenvalue weighted by Crippen LogP contribution is -2.28. The summed E-state index contributed by atoms with van der Waals surface area (Å²) in [4.78, 5) is 16.7. The van der Waals surface area contributed by atoms with Crippen molar-refractivity contribution < 1.29 is 19.4 Å². The van der Waals surface area contributed by atoms with E-state index in [0.717, 1.165) is 36.5 Å². The van der Waals surface area contributed by atoms with E-state index < -0.39 is 0 Å². The molecule has 1 saturated carbocycles. The highest BCUT2D eigenvalue weighted by Crippen LogP contribution is 2.45. The van der Waals surface area contributed by atoms with Crippen molar-refractivity contribution in [2.24, 2.45) is 17.8 Å². The van der Waals surface area contributed by atoms with Gasteiger partial charge in [0, 0.05) is 23.5 Å². The summed E-state index contributed by atoms with van der Waals surface area (Å²) in [5.41, 5.74) is 4.48. The van der Waals surface area contributed by atoms with E-state index in [1.165, 1.54) is 41.7 Å². The number of fused-ring (bicyclic) bond motifs is 2. The fourth-order valence-electron chi connectivity index (χ4n) is 5.81. The summed E-state index contributed by atoms with van der Waals surface area (Å²) in [5.74, 6) is 0.636. The summed E-state index contributed by atoms with van der Waals surface area (Å²) >= 11 is 1.47. The first kappa shape index (κ1) is 22.8. The molecule has 2 fully saturated rings. The number of hydrogen-bond donors (Lipinski definition) is 2. The van der Waals surface area contributed by atoms with E-state index in [4.69, 9.17) is 9.47 Å². The summed E-state index contributed by atoms with van der Waals surface area (Å²) in [7, 11) is 0. The number of hydrogen-bond acceptors (Lipinski definition) is 7. The second kappa shape index (κ2) is 9.72. The summed E-state index contributed by atoms with van der Waals surface area (Å²) in [6, 6.07) is 6.72. The first-order chi connectivity index (χ1) is 16.0. The maximum atomic E-state index is 12.2. The molecule has 0 bridgehead atoms. The molecule has 0 spiro atoms. The summed E-state index contributed by atoms with van der Waals surface area (Å²) < 4.78 is 11.5. The molecule has 5 atom stereocenters. The monoisotopic (exact) mass is 470 g/mol. The average molecular weight is 471 g/mol. The van der Waals surface area contributed by atoms with Crippen LogP contribution in [0.25, 0.3) is 0 Å². The number of nitrogens with zero attached hydrogens (tertiary/aromatic N) is 1. The van der Waals surface area contributed by atoms with Crippen LogP contribution in [-0.2, 0) is 22.3 Å². The highest BCUT2D eigenvalue weighted by atomic mass is 32.1. The van der Waals surface area contributed by atoms with E-state index in [1.807, 2.05) is 13.8 Å². The van der Waals surface area contributed by atoms with Crippen LogP contribution in [0.5, 0.6) is 0 Å². The summed E-state index contributed by atoms with van der Waals surface area (Å²) in [6.07, 6.45) is 5.72. The van der Waals surface area contributed by atoms with Crippen LogP contribution >= 0.6 is 11.3 Å². The number of rotatable bonds is 6. The van der Waals surface area contributed by atoms with Crippen molar-refractivity contribution in [3.8, 4) is 0 Å². The predicted octanol–water partition coefficient (Wildman–Crippen LogP) is 4.77. The van der Waals surface area contributed by atoms with E-state index in [9.17, 15) is 9.90 Å². The summed E-state index contributed by atoms with van der Waals surface area (Å²) in [6.45, 7) is 5.09. The lowest BCUT2D eigenvalue weighted by molar-refractivity contribution is 0.0323. The molecule has 2 aromatic rings. The number of nitrogens with one attached hydrogen (secondary N) is 1. The smallest absolute Gasteiger partial charge is 0.358 e. The van der Waals surface area contributed by atoms with Crippen LogP contribution in [0, 0.1) is 17.8 Å².